The molecule has 22 heavy (non-hydrogen) atoms. The third-order valence-electron chi connectivity index (χ3n) is 4.30. The number of amides is 1. The quantitative estimate of drug-likeness (QED) is 0.874. The van der Waals surface area contributed by atoms with Crippen molar-refractivity contribution in [2.75, 3.05) is 13.1 Å². The van der Waals surface area contributed by atoms with E-state index in [4.69, 9.17) is 5.73 Å². The molecule has 1 amide bonds. The van der Waals surface area contributed by atoms with Gasteiger partial charge in [-0.15, -0.1) is 0 Å². The molecule has 0 radical (unpaired) electrons. The van der Waals surface area contributed by atoms with Crippen LogP contribution < -0.4 is 5.73 Å². The van der Waals surface area contributed by atoms with Gasteiger partial charge in [0.2, 0.25) is 5.91 Å². The van der Waals surface area contributed by atoms with Gasteiger partial charge in [-0.2, -0.15) is 0 Å². The van der Waals surface area contributed by atoms with Crippen LogP contribution in [0.3, 0.4) is 0 Å². The Balaban J connectivity index is 1.93. The van der Waals surface area contributed by atoms with Gasteiger partial charge in [0.25, 0.3) is 0 Å². The van der Waals surface area contributed by atoms with Crippen molar-refractivity contribution in [2.45, 2.75) is 45.1 Å². The number of nitrogens with zero attached hydrogens (tertiary/aromatic N) is 1. The van der Waals surface area contributed by atoms with Crippen molar-refractivity contribution in [1.82, 2.24) is 4.90 Å². The predicted octanol–water partition coefficient (Wildman–Crippen LogP) is 3.46. The van der Waals surface area contributed by atoms with Crippen molar-refractivity contribution < 1.29 is 4.79 Å². The molecule has 0 heterocycles. The van der Waals surface area contributed by atoms with Crippen LogP contribution in [0.2, 0.25) is 0 Å². The van der Waals surface area contributed by atoms with Crippen LogP contribution in [0.1, 0.15) is 44.6 Å². The van der Waals surface area contributed by atoms with Crippen LogP contribution in [0.4, 0.5) is 0 Å². The van der Waals surface area contributed by atoms with E-state index in [1.165, 1.54) is 5.56 Å². The summed E-state index contributed by atoms with van der Waals surface area (Å²) in [7, 11) is 0. The van der Waals surface area contributed by atoms with Gasteiger partial charge in [-0.3, -0.25) is 4.79 Å². The average molecular weight is 300 g/mol. The van der Waals surface area contributed by atoms with Crippen LogP contribution in [0.15, 0.2) is 36.4 Å². The highest BCUT2D eigenvalue weighted by Crippen LogP contribution is 2.25. The highest BCUT2D eigenvalue weighted by Gasteiger charge is 2.28. The standard InChI is InChI=1S/C19H28N2O/c1-2-13-21(14-7-10-16-8-4-3-5-9-16)19(22)17-11-6-12-18(20)15-17/h3-5,7-10,17-18H,2,6,11-15,20H2,1H3. The van der Waals surface area contributed by atoms with Gasteiger partial charge in [0.15, 0.2) is 0 Å². The van der Waals surface area contributed by atoms with Gasteiger partial charge in [-0.05, 0) is 31.2 Å². The third-order valence-corrected chi connectivity index (χ3v) is 4.30. The molecule has 2 N–H and O–H groups in total. The first-order valence-corrected chi connectivity index (χ1v) is 8.46. The van der Waals surface area contributed by atoms with Crippen molar-refractivity contribution in [2.24, 2.45) is 11.7 Å². The Kier molecular flexibility index (Phi) is 6.66. The number of rotatable bonds is 6. The fourth-order valence-electron chi connectivity index (χ4n) is 3.15. The summed E-state index contributed by atoms with van der Waals surface area (Å²) in [6.07, 6.45) is 9.15. The lowest BCUT2D eigenvalue weighted by Gasteiger charge is -2.30. The van der Waals surface area contributed by atoms with Crippen molar-refractivity contribution in [1.29, 1.82) is 0 Å². The fourth-order valence-corrected chi connectivity index (χ4v) is 3.15. The Bertz CT molecular complexity index is 483. The Morgan fingerprint density at radius 1 is 1.32 bits per heavy atom. The molecule has 2 rings (SSSR count). The molecule has 1 aromatic carbocycles. The zero-order valence-electron chi connectivity index (χ0n) is 13.6. The summed E-state index contributed by atoms with van der Waals surface area (Å²) in [6, 6.07) is 10.4. The second kappa shape index (κ2) is 8.74. The van der Waals surface area contributed by atoms with Gasteiger partial charge in [0, 0.05) is 25.0 Å². The lowest BCUT2D eigenvalue weighted by molar-refractivity contribution is -0.136. The maximum Gasteiger partial charge on any atom is 0.226 e. The zero-order valence-corrected chi connectivity index (χ0v) is 13.6. The van der Waals surface area contributed by atoms with Crippen LogP contribution in [0.5, 0.6) is 0 Å². The highest BCUT2D eigenvalue weighted by atomic mass is 16.2. The number of carbonyl (C=O) groups excluding carboxylic acids is 1. The molecule has 1 aliphatic carbocycles. The molecule has 1 aliphatic rings. The summed E-state index contributed by atoms with van der Waals surface area (Å²) in [5, 5.41) is 0. The summed E-state index contributed by atoms with van der Waals surface area (Å²) >= 11 is 0. The first-order valence-electron chi connectivity index (χ1n) is 8.46. The summed E-state index contributed by atoms with van der Waals surface area (Å²) in [5.74, 6) is 0.412. The predicted molar refractivity (Wildman–Crippen MR) is 92.3 cm³/mol. The number of carbonyl (C=O) groups is 1. The minimum Gasteiger partial charge on any atom is -0.339 e. The van der Waals surface area contributed by atoms with Gasteiger partial charge in [-0.1, -0.05) is 55.8 Å². The lowest BCUT2D eigenvalue weighted by Crippen LogP contribution is -2.41. The normalized spacial score (nSPS) is 21.9. The van der Waals surface area contributed by atoms with Crippen LogP contribution in [-0.4, -0.2) is 29.9 Å². The van der Waals surface area contributed by atoms with Crippen LogP contribution in [0.25, 0.3) is 6.08 Å². The van der Waals surface area contributed by atoms with E-state index >= 15 is 0 Å². The molecule has 120 valence electrons. The molecule has 0 spiro atoms. The molecule has 0 aliphatic heterocycles. The molecule has 1 aromatic rings. The Morgan fingerprint density at radius 2 is 2.09 bits per heavy atom. The molecule has 1 saturated carbocycles. The number of hydrogen-bond acceptors (Lipinski definition) is 2. The number of benzene rings is 1. The molecule has 3 heteroatoms. The SMILES string of the molecule is CCCN(CC=Cc1ccccc1)C(=O)C1CCCC(N)C1. The molecule has 1 fully saturated rings. The van der Waals surface area contributed by atoms with E-state index in [1.54, 1.807) is 0 Å². The monoisotopic (exact) mass is 300 g/mol. The summed E-state index contributed by atoms with van der Waals surface area (Å²) in [4.78, 5) is 14.7. The van der Waals surface area contributed by atoms with E-state index < -0.39 is 0 Å². The van der Waals surface area contributed by atoms with Crippen LogP contribution in [0, 0.1) is 5.92 Å². The van der Waals surface area contributed by atoms with Crippen LogP contribution >= 0.6 is 0 Å². The first-order chi connectivity index (χ1) is 10.7. The first kappa shape index (κ1) is 16.8. The van der Waals surface area contributed by atoms with E-state index in [0.717, 1.165) is 38.6 Å². The van der Waals surface area contributed by atoms with Crippen molar-refractivity contribution in [3.8, 4) is 0 Å². The summed E-state index contributed by atoms with van der Waals surface area (Å²) < 4.78 is 0. The smallest absolute Gasteiger partial charge is 0.226 e. The van der Waals surface area contributed by atoms with E-state index in [9.17, 15) is 4.79 Å². The Hall–Kier alpha value is -1.61. The van der Waals surface area contributed by atoms with Gasteiger partial charge >= 0.3 is 0 Å². The molecule has 3 nitrogen and oxygen atoms in total. The maximum absolute atomic E-state index is 12.7. The van der Waals surface area contributed by atoms with Crippen LogP contribution in [-0.2, 0) is 4.79 Å². The zero-order chi connectivity index (χ0) is 15.8. The molecular formula is C19H28N2O. The van der Waals surface area contributed by atoms with Gasteiger partial charge in [0.05, 0.1) is 0 Å². The van der Waals surface area contributed by atoms with Gasteiger partial charge in [0.1, 0.15) is 0 Å². The molecule has 2 atom stereocenters. The average Bonchev–Trinajstić information content (AvgIpc) is 2.54. The molecule has 0 saturated heterocycles. The summed E-state index contributed by atoms with van der Waals surface area (Å²) in [6.45, 7) is 3.63. The largest absolute Gasteiger partial charge is 0.339 e. The highest BCUT2D eigenvalue weighted by molar-refractivity contribution is 5.79. The van der Waals surface area contributed by atoms with E-state index in [-0.39, 0.29) is 17.9 Å². The van der Waals surface area contributed by atoms with E-state index in [1.807, 2.05) is 23.1 Å². The topological polar surface area (TPSA) is 46.3 Å². The fraction of sp³-hybridized carbons (Fsp3) is 0.526. The Labute approximate surface area is 134 Å². The van der Waals surface area contributed by atoms with E-state index in [2.05, 4.69) is 31.2 Å². The molecule has 2 unspecified atom stereocenters. The van der Waals surface area contributed by atoms with Crippen molar-refractivity contribution >= 4 is 12.0 Å². The lowest BCUT2D eigenvalue weighted by atomic mass is 9.85. The second-order valence-corrected chi connectivity index (χ2v) is 6.22. The molecule has 0 aromatic heterocycles. The molecular weight excluding hydrogens is 272 g/mol. The third kappa shape index (κ3) is 4.99. The summed E-state index contributed by atoms with van der Waals surface area (Å²) in [5.41, 5.74) is 7.20. The number of hydrogen-bond donors (Lipinski definition) is 1. The van der Waals surface area contributed by atoms with Crippen molar-refractivity contribution in [3.05, 3.63) is 42.0 Å². The van der Waals surface area contributed by atoms with Gasteiger partial charge in [-0.25, -0.2) is 0 Å². The minimum absolute atomic E-state index is 0.125. The van der Waals surface area contributed by atoms with Crippen molar-refractivity contribution in [3.63, 3.8) is 0 Å². The van der Waals surface area contributed by atoms with E-state index in [0.29, 0.717) is 6.54 Å². The minimum atomic E-state index is 0.125. The second-order valence-electron chi connectivity index (χ2n) is 6.22. The molecule has 0 bridgehead atoms. The Morgan fingerprint density at radius 3 is 2.77 bits per heavy atom. The van der Waals surface area contributed by atoms with Gasteiger partial charge < -0.3 is 10.6 Å². The number of nitrogens with two attached hydrogens (primary N) is 1. The maximum atomic E-state index is 12.7.